The zero-order valence-corrected chi connectivity index (χ0v) is 29.4. The Morgan fingerprint density at radius 3 is 2.20 bits per heavy atom. The highest BCUT2D eigenvalue weighted by molar-refractivity contribution is 6.05. The number of hydrogen-bond acceptors (Lipinski definition) is 11. The number of nitrogens with two attached hydrogens (primary N) is 1. The Balaban J connectivity index is 1.35. The lowest BCUT2D eigenvalue weighted by atomic mass is 9.52. The topological polar surface area (TPSA) is 120 Å². The van der Waals surface area contributed by atoms with Crippen LogP contribution >= 0.6 is 0 Å². The van der Waals surface area contributed by atoms with Crippen LogP contribution in [0.2, 0.25) is 0 Å². The molecule has 252 valence electrons. The molecule has 7 aliphatic rings. The van der Waals surface area contributed by atoms with Crippen LogP contribution in [0.15, 0.2) is 16.3 Å². The molecule has 2 spiro atoms. The molecule has 1 aromatic rings. The summed E-state index contributed by atoms with van der Waals surface area (Å²) in [6.45, 7) is 22.2. The molecule has 7 heterocycles. The predicted molar refractivity (Wildman–Crippen MR) is 180 cm³/mol. The smallest absolute Gasteiger partial charge is 0.321 e. The molecule has 46 heavy (non-hydrogen) atoms. The van der Waals surface area contributed by atoms with Gasteiger partial charge < -0.3 is 15.8 Å². The fourth-order valence-electron chi connectivity index (χ4n) is 11.6. The molecular formula is C34H56N11O+. The van der Waals surface area contributed by atoms with E-state index in [2.05, 4.69) is 75.4 Å². The second kappa shape index (κ2) is 9.90. The van der Waals surface area contributed by atoms with Gasteiger partial charge in [0.05, 0.1) is 31.0 Å². The van der Waals surface area contributed by atoms with E-state index in [0.717, 1.165) is 44.7 Å². The first kappa shape index (κ1) is 31.0. The van der Waals surface area contributed by atoms with E-state index in [9.17, 15) is 0 Å². The van der Waals surface area contributed by atoms with Gasteiger partial charge in [-0.25, -0.2) is 19.4 Å². The molecule has 6 aliphatic heterocycles. The molecule has 1 saturated carbocycles. The molecule has 4 saturated heterocycles. The van der Waals surface area contributed by atoms with Crippen molar-refractivity contribution >= 4 is 23.6 Å². The van der Waals surface area contributed by atoms with Crippen LogP contribution in [0, 0.1) is 5.41 Å². The van der Waals surface area contributed by atoms with E-state index < -0.39 is 5.54 Å². The maximum atomic E-state index is 7.75. The van der Waals surface area contributed by atoms with Crippen molar-refractivity contribution in [3.8, 4) is 0 Å². The van der Waals surface area contributed by atoms with Gasteiger partial charge in [0.1, 0.15) is 17.4 Å². The van der Waals surface area contributed by atoms with E-state index in [0.29, 0.717) is 29.6 Å². The average Bonchev–Trinajstić information content (AvgIpc) is 3.25. The highest BCUT2D eigenvalue weighted by Crippen LogP contribution is 2.66. The minimum atomic E-state index is -0.440. The zero-order valence-electron chi connectivity index (χ0n) is 29.4. The number of nitrogens with one attached hydrogen (secondary N) is 1. The van der Waals surface area contributed by atoms with E-state index in [1.807, 2.05) is 0 Å². The molecule has 4 atom stereocenters. The van der Waals surface area contributed by atoms with Crippen LogP contribution in [0.25, 0.3) is 0 Å². The molecule has 1 aromatic heterocycles. The lowest BCUT2D eigenvalue weighted by Gasteiger charge is -2.78. The Morgan fingerprint density at radius 1 is 0.913 bits per heavy atom. The van der Waals surface area contributed by atoms with E-state index in [1.54, 1.807) is 6.33 Å². The Bertz CT molecular complexity index is 1440. The van der Waals surface area contributed by atoms with Crippen molar-refractivity contribution in [2.24, 2.45) is 21.1 Å². The lowest BCUT2D eigenvalue weighted by molar-refractivity contribution is -0.984. The van der Waals surface area contributed by atoms with Crippen LogP contribution < -0.4 is 20.9 Å². The van der Waals surface area contributed by atoms with Crippen molar-refractivity contribution in [3.05, 3.63) is 6.33 Å². The summed E-state index contributed by atoms with van der Waals surface area (Å²) < 4.78 is 6.43. The molecule has 4 unspecified atom stereocenters. The molecule has 5 fully saturated rings. The Kier molecular flexibility index (Phi) is 6.68. The third-order valence-corrected chi connectivity index (χ3v) is 13.2. The van der Waals surface area contributed by atoms with Crippen molar-refractivity contribution in [1.82, 2.24) is 25.2 Å². The summed E-state index contributed by atoms with van der Waals surface area (Å²) in [6.07, 6.45) is 10.5. The maximum Gasteiger partial charge on any atom is 0.321 e. The molecule has 0 aromatic carbocycles. The third-order valence-electron chi connectivity index (χ3n) is 13.2. The van der Waals surface area contributed by atoms with Crippen LogP contribution in [0.5, 0.6) is 0 Å². The minimum Gasteiger partial charge on any atom is -0.379 e. The summed E-state index contributed by atoms with van der Waals surface area (Å²) in [5.41, 5.74) is 8.08. The van der Waals surface area contributed by atoms with E-state index in [1.165, 1.54) is 31.4 Å². The van der Waals surface area contributed by atoms with Gasteiger partial charge in [0.15, 0.2) is 6.29 Å². The minimum absolute atomic E-state index is 0.00614. The first-order chi connectivity index (χ1) is 21.7. The van der Waals surface area contributed by atoms with E-state index >= 15 is 0 Å². The Labute approximate surface area is 274 Å². The van der Waals surface area contributed by atoms with Gasteiger partial charge in [-0.2, -0.15) is 14.9 Å². The normalized spacial score (nSPS) is 38.0. The Hall–Kier alpha value is -2.25. The van der Waals surface area contributed by atoms with Gasteiger partial charge in [0, 0.05) is 29.6 Å². The van der Waals surface area contributed by atoms with Crippen molar-refractivity contribution in [1.29, 1.82) is 0 Å². The first-order valence-corrected chi connectivity index (χ1v) is 17.9. The molecule has 1 aliphatic carbocycles. The summed E-state index contributed by atoms with van der Waals surface area (Å²) in [6, 6.07) is 0.0622. The monoisotopic (exact) mass is 634 g/mol. The second-order valence-electron chi connectivity index (χ2n) is 17.5. The number of piperidine rings is 2. The molecule has 4 bridgehead atoms. The van der Waals surface area contributed by atoms with Gasteiger partial charge in [-0.3, -0.25) is 9.89 Å². The SMILES string of the molecule is CC1(C)CC(N=C2C(N)C3(CCCCCC3)C(C)(C)[N+]3(C4=NC(N5CCOCC5)N5c6ncnc(n6)N4C53)C2(C)C)CC(C)(C)N1. The summed E-state index contributed by atoms with van der Waals surface area (Å²) >= 11 is 0. The highest BCUT2D eigenvalue weighted by atomic mass is 16.5. The number of aliphatic imine (C=N–C) groups is 2. The molecule has 8 rings (SSSR count). The van der Waals surface area contributed by atoms with E-state index in [4.69, 9.17) is 35.4 Å². The molecule has 12 heteroatoms. The number of rotatable bonds is 2. The van der Waals surface area contributed by atoms with Crippen molar-refractivity contribution < 1.29 is 9.22 Å². The molecule has 0 amide bonds. The number of aromatic nitrogens is 3. The van der Waals surface area contributed by atoms with Gasteiger partial charge >= 0.3 is 5.96 Å². The van der Waals surface area contributed by atoms with Crippen LogP contribution in [0.3, 0.4) is 0 Å². The number of guanidine groups is 1. The molecular weight excluding hydrogens is 578 g/mol. The summed E-state index contributed by atoms with van der Waals surface area (Å²) in [7, 11) is 0. The standard InChI is InChI=1S/C34H56N11O/c1-30(2)19-22(20-31(3,4)41-30)38-24-23(35)34(13-11-9-10-12-14-34)33(7,8)45(32(24,5)6)28-40-27(42-15-17-46-18-16-42)43-25-36-21-37-26(39-25)44(28)29(43)45/h21-23,27,29,41H,9-20,35H2,1-8H3/q+1. The van der Waals surface area contributed by atoms with Crippen LogP contribution in [-0.2, 0) is 4.74 Å². The summed E-state index contributed by atoms with van der Waals surface area (Å²) in [4.78, 5) is 33.2. The number of quaternary nitrogens is 1. The lowest BCUT2D eigenvalue weighted by Crippen LogP contribution is -3.03. The van der Waals surface area contributed by atoms with Crippen molar-refractivity contribution in [2.75, 3.05) is 36.1 Å². The van der Waals surface area contributed by atoms with Crippen molar-refractivity contribution in [2.45, 2.75) is 154 Å². The van der Waals surface area contributed by atoms with Gasteiger partial charge in [-0.1, -0.05) is 25.7 Å². The molecule has 12 nitrogen and oxygen atoms in total. The number of anilines is 2. The summed E-state index contributed by atoms with van der Waals surface area (Å²) in [5.74, 6) is 2.46. The molecule has 0 radical (unpaired) electrons. The van der Waals surface area contributed by atoms with Crippen LogP contribution in [0.4, 0.5) is 11.9 Å². The summed E-state index contributed by atoms with van der Waals surface area (Å²) in [5, 5.41) is 3.88. The third kappa shape index (κ3) is 3.88. The zero-order chi connectivity index (χ0) is 32.5. The van der Waals surface area contributed by atoms with Crippen LogP contribution in [-0.4, -0.2) is 109 Å². The predicted octanol–water partition coefficient (Wildman–Crippen LogP) is 3.59. The highest BCUT2D eigenvalue weighted by Gasteiger charge is 2.86. The second-order valence-corrected chi connectivity index (χ2v) is 17.5. The average molecular weight is 635 g/mol. The van der Waals surface area contributed by atoms with Gasteiger partial charge in [-0.15, -0.1) is 0 Å². The fraction of sp³-hybridized carbons (Fsp3) is 0.853. The maximum absolute atomic E-state index is 7.75. The van der Waals surface area contributed by atoms with Crippen LogP contribution in [0.1, 0.15) is 107 Å². The van der Waals surface area contributed by atoms with Crippen molar-refractivity contribution in [3.63, 3.8) is 0 Å². The van der Waals surface area contributed by atoms with E-state index in [-0.39, 0.29) is 46.7 Å². The number of morpholine rings is 1. The number of ether oxygens (including phenoxy) is 1. The van der Waals surface area contributed by atoms with Gasteiger partial charge in [-0.05, 0) is 81.1 Å². The first-order valence-electron chi connectivity index (χ1n) is 17.9. The number of hydrogen-bond donors (Lipinski definition) is 2. The quantitative estimate of drug-likeness (QED) is 0.471. The molecule has 3 N–H and O–H groups in total. The largest absolute Gasteiger partial charge is 0.379 e. The Morgan fingerprint density at radius 2 is 1.54 bits per heavy atom. The number of nitrogens with zero attached hydrogens (tertiary/aromatic N) is 9. The van der Waals surface area contributed by atoms with Gasteiger partial charge in [0.2, 0.25) is 11.9 Å². The number of fused-ring (bicyclic) bond motifs is 5. The fourth-order valence-corrected chi connectivity index (χ4v) is 11.6. The van der Waals surface area contributed by atoms with Gasteiger partial charge in [0.25, 0.3) is 6.29 Å².